The zero-order valence-corrected chi connectivity index (χ0v) is 14.7. The molecule has 23 heavy (non-hydrogen) atoms. The molecule has 1 rings (SSSR count). The minimum Gasteiger partial charge on any atom is -0.444 e. The summed E-state index contributed by atoms with van der Waals surface area (Å²) in [5.41, 5.74) is 0.184. The van der Waals surface area contributed by atoms with Crippen LogP contribution in [0.15, 0.2) is 18.2 Å². The predicted molar refractivity (Wildman–Crippen MR) is 90.4 cm³/mol. The van der Waals surface area contributed by atoms with Crippen molar-refractivity contribution in [3.63, 3.8) is 0 Å². The minimum atomic E-state index is -0.591. The number of nitrogens with one attached hydrogen (secondary N) is 2. The third-order valence-electron chi connectivity index (χ3n) is 3.10. The Morgan fingerprint density at radius 3 is 2.48 bits per heavy atom. The van der Waals surface area contributed by atoms with Gasteiger partial charge in [0.2, 0.25) is 0 Å². The summed E-state index contributed by atoms with van der Waals surface area (Å²) in [6.07, 6.45) is -0.577. The minimum absolute atomic E-state index is 0.0359. The van der Waals surface area contributed by atoms with E-state index in [1.165, 1.54) is 12.1 Å². The fourth-order valence-corrected chi connectivity index (χ4v) is 1.92. The molecule has 1 atom stereocenters. The molecule has 1 aromatic carbocycles. The molecule has 1 amide bonds. The van der Waals surface area contributed by atoms with Gasteiger partial charge in [0.25, 0.3) is 0 Å². The van der Waals surface area contributed by atoms with E-state index in [-0.39, 0.29) is 17.8 Å². The first-order valence-corrected chi connectivity index (χ1v) is 7.67. The lowest BCUT2D eigenvalue weighted by Crippen LogP contribution is -2.31. The Balaban J connectivity index is 2.84. The van der Waals surface area contributed by atoms with E-state index in [1.54, 1.807) is 33.9 Å². The molecule has 0 aromatic heterocycles. The number of halogens is 1. The third-order valence-corrected chi connectivity index (χ3v) is 3.10. The third kappa shape index (κ3) is 6.86. The highest BCUT2D eigenvalue weighted by Crippen LogP contribution is 2.22. The fraction of sp³-hybridized carbons (Fsp3) is 0.588. The highest BCUT2D eigenvalue weighted by Gasteiger charge is 2.18. The summed E-state index contributed by atoms with van der Waals surface area (Å²) < 4.78 is 24.3. The Morgan fingerprint density at radius 1 is 1.30 bits per heavy atom. The summed E-state index contributed by atoms with van der Waals surface area (Å²) in [6.45, 7) is 9.85. The van der Waals surface area contributed by atoms with E-state index < -0.39 is 11.7 Å². The van der Waals surface area contributed by atoms with Gasteiger partial charge >= 0.3 is 6.09 Å². The van der Waals surface area contributed by atoms with Crippen LogP contribution in [0.1, 0.15) is 34.6 Å². The highest BCUT2D eigenvalue weighted by molar-refractivity contribution is 5.85. The molecule has 0 heterocycles. The number of hydrogen-bond donors (Lipinski definition) is 2. The van der Waals surface area contributed by atoms with Crippen molar-refractivity contribution in [1.82, 2.24) is 0 Å². The topological polar surface area (TPSA) is 59.6 Å². The quantitative estimate of drug-likeness (QED) is 0.820. The van der Waals surface area contributed by atoms with Crippen LogP contribution >= 0.6 is 0 Å². The molecule has 0 saturated heterocycles. The molecule has 6 heteroatoms. The van der Waals surface area contributed by atoms with Gasteiger partial charge in [-0.25, -0.2) is 9.18 Å². The highest BCUT2D eigenvalue weighted by atomic mass is 19.1. The maximum atomic E-state index is 14.0. The summed E-state index contributed by atoms with van der Waals surface area (Å²) >= 11 is 0. The molecule has 0 aliphatic heterocycles. The number of carbonyl (C=O) groups is 1. The van der Waals surface area contributed by atoms with Gasteiger partial charge in [0.15, 0.2) is 0 Å². The number of hydrogen-bond acceptors (Lipinski definition) is 4. The maximum absolute atomic E-state index is 14.0. The van der Waals surface area contributed by atoms with Gasteiger partial charge in [0.05, 0.1) is 18.3 Å². The molecule has 0 aliphatic carbocycles. The summed E-state index contributed by atoms with van der Waals surface area (Å²) in [4.78, 5) is 11.8. The number of methoxy groups -OCH3 is 1. The molecule has 1 aromatic rings. The van der Waals surface area contributed by atoms with Crippen molar-refractivity contribution in [2.75, 3.05) is 24.4 Å². The van der Waals surface area contributed by atoms with Gasteiger partial charge < -0.3 is 14.8 Å². The Kier molecular flexibility index (Phi) is 6.81. The van der Waals surface area contributed by atoms with Crippen LogP contribution in [0.4, 0.5) is 20.6 Å². The Labute approximate surface area is 137 Å². The average molecular weight is 326 g/mol. The van der Waals surface area contributed by atoms with Crippen LogP contribution in [0.25, 0.3) is 0 Å². The van der Waals surface area contributed by atoms with E-state index in [0.29, 0.717) is 18.0 Å². The van der Waals surface area contributed by atoms with Gasteiger partial charge in [-0.2, -0.15) is 0 Å². The second-order valence-corrected chi connectivity index (χ2v) is 6.77. The second kappa shape index (κ2) is 8.15. The molecule has 1 unspecified atom stereocenters. The fourth-order valence-electron chi connectivity index (χ4n) is 1.92. The van der Waals surface area contributed by atoms with Crippen molar-refractivity contribution in [3.05, 3.63) is 24.0 Å². The lowest BCUT2D eigenvalue weighted by molar-refractivity contribution is 0.0636. The number of ether oxygens (including phenoxy) is 2. The van der Waals surface area contributed by atoms with Gasteiger partial charge in [-0.1, -0.05) is 13.8 Å². The molecule has 0 radical (unpaired) electrons. The molecule has 2 N–H and O–H groups in total. The van der Waals surface area contributed by atoms with Crippen LogP contribution in [-0.2, 0) is 9.47 Å². The zero-order chi connectivity index (χ0) is 17.6. The molecular weight excluding hydrogens is 299 g/mol. The first-order valence-electron chi connectivity index (χ1n) is 7.67. The van der Waals surface area contributed by atoms with Crippen molar-refractivity contribution < 1.29 is 18.7 Å². The molecule has 0 saturated carbocycles. The van der Waals surface area contributed by atoms with Crippen LogP contribution in [0.3, 0.4) is 0 Å². The van der Waals surface area contributed by atoms with Crippen molar-refractivity contribution in [2.45, 2.75) is 46.3 Å². The zero-order valence-electron chi connectivity index (χ0n) is 14.7. The van der Waals surface area contributed by atoms with Crippen LogP contribution < -0.4 is 10.6 Å². The Hall–Kier alpha value is -1.82. The monoisotopic (exact) mass is 326 g/mol. The first kappa shape index (κ1) is 19.2. The number of benzene rings is 1. The Bertz CT molecular complexity index is 527. The normalized spacial score (nSPS) is 12.9. The maximum Gasteiger partial charge on any atom is 0.412 e. The predicted octanol–water partition coefficient (Wildman–Crippen LogP) is 4.26. The molecule has 130 valence electrons. The van der Waals surface area contributed by atoms with Gasteiger partial charge in [-0.05, 0) is 44.9 Å². The van der Waals surface area contributed by atoms with E-state index in [9.17, 15) is 9.18 Å². The van der Waals surface area contributed by atoms with Gasteiger partial charge in [0, 0.05) is 12.8 Å². The van der Waals surface area contributed by atoms with E-state index in [2.05, 4.69) is 10.6 Å². The lowest BCUT2D eigenvalue weighted by Gasteiger charge is -2.23. The number of amides is 1. The SMILES string of the molecule is COCC(Nc1cc(NC(=O)OC(C)(C)C)ccc1F)C(C)C. The average Bonchev–Trinajstić information content (AvgIpc) is 2.39. The molecule has 0 spiro atoms. The van der Waals surface area contributed by atoms with Crippen LogP contribution in [0.2, 0.25) is 0 Å². The van der Waals surface area contributed by atoms with E-state index in [1.807, 2.05) is 13.8 Å². The van der Waals surface area contributed by atoms with E-state index in [0.717, 1.165) is 0 Å². The van der Waals surface area contributed by atoms with Crippen LogP contribution in [-0.4, -0.2) is 31.5 Å². The molecule has 5 nitrogen and oxygen atoms in total. The first-order chi connectivity index (χ1) is 10.6. The largest absolute Gasteiger partial charge is 0.444 e. The number of anilines is 2. The Morgan fingerprint density at radius 2 is 1.96 bits per heavy atom. The van der Waals surface area contributed by atoms with Crippen molar-refractivity contribution >= 4 is 17.5 Å². The van der Waals surface area contributed by atoms with Crippen molar-refractivity contribution in [1.29, 1.82) is 0 Å². The second-order valence-electron chi connectivity index (χ2n) is 6.77. The standard InChI is InChI=1S/C17H27FN2O3/c1-11(2)15(10-22-6)20-14-9-12(7-8-13(14)18)19-16(21)23-17(3,4)5/h7-9,11,15,20H,10H2,1-6H3,(H,19,21). The van der Waals surface area contributed by atoms with Crippen molar-refractivity contribution in [2.24, 2.45) is 5.92 Å². The van der Waals surface area contributed by atoms with Crippen LogP contribution in [0.5, 0.6) is 0 Å². The number of carbonyl (C=O) groups excluding carboxylic acids is 1. The summed E-state index contributed by atoms with van der Waals surface area (Å²) in [5.74, 6) is -0.127. The molecular formula is C17H27FN2O3. The van der Waals surface area contributed by atoms with Crippen LogP contribution in [0, 0.1) is 11.7 Å². The summed E-state index contributed by atoms with van der Waals surface area (Å²) in [6, 6.07) is 4.31. The number of rotatable bonds is 6. The molecule has 0 bridgehead atoms. The molecule has 0 aliphatic rings. The van der Waals surface area contributed by atoms with Crippen molar-refractivity contribution in [3.8, 4) is 0 Å². The van der Waals surface area contributed by atoms with E-state index in [4.69, 9.17) is 9.47 Å². The van der Waals surface area contributed by atoms with Gasteiger partial charge in [-0.15, -0.1) is 0 Å². The summed E-state index contributed by atoms with van der Waals surface area (Å²) in [7, 11) is 1.61. The molecule has 0 fully saturated rings. The van der Waals surface area contributed by atoms with Gasteiger partial charge in [-0.3, -0.25) is 5.32 Å². The van der Waals surface area contributed by atoms with Gasteiger partial charge in [0.1, 0.15) is 11.4 Å². The summed E-state index contributed by atoms with van der Waals surface area (Å²) in [5, 5.41) is 5.72. The smallest absolute Gasteiger partial charge is 0.412 e. The lowest BCUT2D eigenvalue weighted by atomic mass is 10.0. The van der Waals surface area contributed by atoms with E-state index >= 15 is 0 Å².